The third-order valence-corrected chi connectivity index (χ3v) is 14.0. The van der Waals surface area contributed by atoms with Crippen LogP contribution in [0.1, 0.15) is 54.1 Å². The van der Waals surface area contributed by atoms with Crippen molar-refractivity contribution in [2.75, 3.05) is 16.4 Å². The number of carboxylic acid groups (broad SMARTS) is 1. The Kier molecular flexibility index (Phi) is 8.49. The number of rotatable bonds is 7. The molecule has 1 saturated carbocycles. The highest BCUT2D eigenvalue weighted by molar-refractivity contribution is 7.22. The molecular formula is C43H37ClN4O8S. The molecule has 4 aliphatic rings. The Morgan fingerprint density at radius 1 is 1.00 bits per heavy atom. The lowest BCUT2D eigenvalue weighted by Crippen LogP contribution is -2.49. The number of phenols is 1. The summed E-state index contributed by atoms with van der Waals surface area (Å²) in [6, 6.07) is 18.2. The molecule has 12 nitrogen and oxygen atoms in total. The Bertz CT molecular complexity index is 2650. The molecular weight excluding hydrogens is 768 g/mol. The van der Waals surface area contributed by atoms with Crippen LogP contribution in [0.4, 0.5) is 11.5 Å². The van der Waals surface area contributed by atoms with Crippen molar-refractivity contribution in [1.82, 2.24) is 9.78 Å². The van der Waals surface area contributed by atoms with Crippen LogP contribution in [0.3, 0.4) is 0 Å². The summed E-state index contributed by atoms with van der Waals surface area (Å²) in [6.07, 6.45) is 2.16. The maximum absolute atomic E-state index is 15.2. The molecule has 14 heteroatoms. The molecule has 6 unspecified atom stereocenters. The number of ether oxygens (including phenoxy) is 1. The number of aromatic nitrogens is 2. The number of benzene rings is 3. The van der Waals surface area contributed by atoms with E-state index in [-0.39, 0.29) is 48.0 Å². The van der Waals surface area contributed by atoms with Gasteiger partial charge in [-0.25, -0.2) is 9.69 Å². The average Bonchev–Trinajstić information content (AvgIpc) is 3.86. The van der Waals surface area contributed by atoms with E-state index in [0.29, 0.717) is 21.9 Å². The number of thiophene rings is 1. The minimum Gasteiger partial charge on any atom is -0.504 e. The van der Waals surface area contributed by atoms with E-state index >= 15 is 4.79 Å². The average molecular weight is 805 g/mol. The number of para-hydroxylation sites is 1. The zero-order valence-electron chi connectivity index (χ0n) is 31.4. The minimum absolute atomic E-state index is 0.0691. The summed E-state index contributed by atoms with van der Waals surface area (Å²) in [5.74, 6) is -6.90. The van der Waals surface area contributed by atoms with Gasteiger partial charge in [-0.1, -0.05) is 41.4 Å². The van der Waals surface area contributed by atoms with Gasteiger partial charge in [0.2, 0.25) is 23.6 Å². The first kappa shape index (κ1) is 36.8. The molecule has 0 spiro atoms. The van der Waals surface area contributed by atoms with Crippen LogP contribution in [0.15, 0.2) is 78.4 Å². The Morgan fingerprint density at radius 2 is 1.77 bits per heavy atom. The number of halogens is 1. The molecule has 4 amide bonds. The molecule has 290 valence electrons. The molecule has 4 heterocycles. The number of hydrogen-bond acceptors (Lipinski definition) is 9. The van der Waals surface area contributed by atoms with E-state index < -0.39 is 64.6 Å². The molecule has 0 radical (unpaired) electrons. The molecule has 2 aromatic heterocycles. The standard InChI is InChI=1S/C43H37ClN4O8S/c1-5-56-31-11-7-10-26(36(31)49)35-24-13-14-25-34(40(52)47(38(25)50)23-9-6-8-21(16-23)41(53)54)28(24)18-29-39(51)48(42(55)43(29,35)3)33-19-30(45-46(33)4)37-20(2)27-17-22(44)12-15-32(27)57-37/h6-13,15-17,19,25,28-29,34-35,49H,5,14,18H2,1-4H3,(H,53,54). The third-order valence-electron chi connectivity index (χ3n) is 12.5. The van der Waals surface area contributed by atoms with Crippen molar-refractivity contribution in [2.45, 2.75) is 39.5 Å². The number of hydrogen-bond donors (Lipinski definition) is 2. The van der Waals surface area contributed by atoms with E-state index in [1.54, 1.807) is 45.2 Å². The van der Waals surface area contributed by atoms with Crippen molar-refractivity contribution in [3.63, 3.8) is 0 Å². The van der Waals surface area contributed by atoms with Gasteiger partial charge in [-0.05, 0) is 92.9 Å². The Hall–Kier alpha value is -5.79. The quantitative estimate of drug-likeness (QED) is 0.126. The summed E-state index contributed by atoms with van der Waals surface area (Å²) < 4.78 is 8.32. The number of imide groups is 2. The number of nitrogens with zero attached hydrogens (tertiary/aromatic N) is 4. The zero-order valence-corrected chi connectivity index (χ0v) is 32.9. The molecule has 9 rings (SSSR count). The van der Waals surface area contributed by atoms with Crippen LogP contribution >= 0.6 is 22.9 Å². The number of allylic oxidation sites excluding steroid dienone is 2. The predicted octanol–water partition coefficient (Wildman–Crippen LogP) is 7.50. The van der Waals surface area contributed by atoms with E-state index in [2.05, 4.69) is 0 Å². The third kappa shape index (κ3) is 5.24. The minimum atomic E-state index is -1.43. The Labute approximate surface area is 335 Å². The second kappa shape index (κ2) is 13.1. The number of phenolic OH excluding ortho intramolecular Hbond substituents is 1. The monoisotopic (exact) mass is 804 g/mol. The highest BCUT2D eigenvalue weighted by atomic mass is 35.5. The molecule has 2 aliphatic carbocycles. The molecule has 3 aromatic carbocycles. The van der Waals surface area contributed by atoms with Crippen LogP contribution in [0.2, 0.25) is 5.02 Å². The van der Waals surface area contributed by atoms with Gasteiger partial charge < -0.3 is 14.9 Å². The van der Waals surface area contributed by atoms with E-state index in [0.717, 1.165) is 25.4 Å². The summed E-state index contributed by atoms with van der Waals surface area (Å²) in [4.78, 5) is 73.7. The number of carboxylic acids is 1. The SMILES string of the molecule is CCOc1cccc(C2C3=CCC4C(=O)N(c5cccc(C(=O)O)c5)C(=O)C4C3CC3C(=O)N(c4cc(-c5sc6ccc(Cl)cc6c5C)nn4C)C(=O)C32C)c1O. The van der Waals surface area contributed by atoms with E-state index in [1.165, 1.54) is 45.2 Å². The Morgan fingerprint density at radius 3 is 2.53 bits per heavy atom. The fourth-order valence-electron chi connectivity index (χ4n) is 9.87. The molecule has 57 heavy (non-hydrogen) atoms. The second-order valence-corrected chi connectivity index (χ2v) is 16.9. The first-order valence-electron chi connectivity index (χ1n) is 18.7. The van der Waals surface area contributed by atoms with Gasteiger partial charge in [0.25, 0.3) is 0 Å². The summed E-state index contributed by atoms with van der Waals surface area (Å²) in [5, 5.41) is 27.8. The number of fused-ring (bicyclic) bond motifs is 5. The highest BCUT2D eigenvalue weighted by Crippen LogP contribution is 2.65. The largest absolute Gasteiger partial charge is 0.504 e. The van der Waals surface area contributed by atoms with Crippen LogP contribution in [0, 0.1) is 36.0 Å². The number of aromatic carboxylic acids is 1. The first-order chi connectivity index (χ1) is 27.3. The summed E-state index contributed by atoms with van der Waals surface area (Å²) in [6.45, 7) is 5.79. The molecule has 5 aromatic rings. The topological polar surface area (TPSA) is 159 Å². The lowest BCUT2D eigenvalue weighted by Gasteiger charge is -2.49. The molecule has 3 fully saturated rings. The highest BCUT2D eigenvalue weighted by Gasteiger charge is 2.68. The van der Waals surface area contributed by atoms with Crippen molar-refractivity contribution in [2.24, 2.45) is 36.1 Å². The summed E-state index contributed by atoms with van der Waals surface area (Å²) >= 11 is 7.85. The van der Waals surface area contributed by atoms with Gasteiger partial charge in [0.05, 0.1) is 45.9 Å². The van der Waals surface area contributed by atoms with Gasteiger partial charge in [-0.3, -0.25) is 28.8 Å². The van der Waals surface area contributed by atoms with Gasteiger partial charge in [-0.15, -0.1) is 11.3 Å². The molecule has 2 aliphatic heterocycles. The first-order valence-corrected chi connectivity index (χ1v) is 19.9. The summed E-state index contributed by atoms with van der Waals surface area (Å²) in [5.41, 5.74) is 1.28. The van der Waals surface area contributed by atoms with E-state index in [4.69, 9.17) is 21.4 Å². The van der Waals surface area contributed by atoms with Crippen LogP contribution in [-0.4, -0.2) is 56.2 Å². The number of anilines is 2. The van der Waals surface area contributed by atoms with Gasteiger partial charge >= 0.3 is 5.97 Å². The van der Waals surface area contributed by atoms with Gasteiger partial charge in [0.1, 0.15) is 11.5 Å². The number of aromatic hydroxyl groups is 1. The normalized spacial score (nSPS) is 25.5. The van der Waals surface area contributed by atoms with Crippen molar-refractivity contribution in [1.29, 1.82) is 0 Å². The number of carbonyl (C=O) groups excluding carboxylic acids is 4. The van der Waals surface area contributed by atoms with Crippen molar-refractivity contribution < 1.29 is 38.9 Å². The smallest absolute Gasteiger partial charge is 0.335 e. The molecule has 2 saturated heterocycles. The molecule has 0 bridgehead atoms. The van der Waals surface area contributed by atoms with Crippen LogP contribution in [0.5, 0.6) is 11.5 Å². The molecule has 6 atom stereocenters. The van der Waals surface area contributed by atoms with E-state index in [9.17, 15) is 29.4 Å². The van der Waals surface area contributed by atoms with E-state index in [1.807, 2.05) is 31.2 Å². The predicted molar refractivity (Wildman–Crippen MR) is 214 cm³/mol. The molecule has 2 N–H and O–H groups in total. The lowest BCUT2D eigenvalue weighted by atomic mass is 9.51. The van der Waals surface area contributed by atoms with Crippen LogP contribution < -0.4 is 14.5 Å². The number of amides is 4. The fraction of sp³-hybridized carbons (Fsp3) is 0.302. The van der Waals surface area contributed by atoms with Gasteiger partial charge in [0.15, 0.2) is 11.5 Å². The van der Waals surface area contributed by atoms with Crippen molar-refractivity contribution in [3.05, 3.63) is 100 Å². The lowest BCUT2D eigenvalue weighted by molar-refractivity contribution is -0.131. The van der Waals surface area contributed by atoms with Crippen LogP contribution in [0.25, 0.3) is 20.7 Å². The van der Waals surface area contributed by atoms with Crippen molar-refractivity contribution >= 4 is 74.1 Å². The summed E-state index contributed by atoms with van der Waals surface area (Å²) in [7, 11) is 1.68. The number of aryl methyl sites for hydroxylation is 2. The maximum Gasteiger partial charge on any atom is 0.335 e. The number of carbonyl (C=O) groups is 5. The second-order valence-electron chi connectivity index (χ2n) is 15.4. The van der Waals surface area contributed by atoms with Gasteiger partial charge in [-0.2, -0.15) is 5.10 Å². The van der Waals surface area contributed by atoms with Gasteiger partial charge in [0, 0.05) is 34.3 Å². The zero-order chi connectivity index (χ0) is 40.2. The Balaban J connectivity index is 1.16. The van der Waals surface area contributed by atoms with Crippen molar-refractivity contribution in [3.8, 4) is 22.1 Å². The fourth-order valence-corrected chi connectivity index (χ4v) is 11.2. The maximum atomic E-state index is 15.2. The van der Waals surface area contributed by atoms with Crippen LogP contribution in [-0.2, 0) is 26.2 Å².